The Hall–Kier alpha value is -7.95. The van der Waals surface area contributed by atoms with E-state index in [2.05, 4.69) is 220 Å². The summed E-state index contributed by atoms with van der Waals surface area (Å²) in [7, 11) is 0. The summed E-state index contributed by atoms with van der Waals surface area (Å²) < 4.78 is 7.32. The van der Waals surface area contributed by atoms with E-state index in [4.69, 9.17) is 4.98 Å². The first-order valence-corrected chi connectivity index (χ1v) is 20.2. The van der Waals surface area contributed by atoms with Crippen LogP contribution in [0, 0.1) is 0 Å². The molecule has 0 aliphatic carbocycles. The number of rotatable bonds is 4. The molecule has 0 bridgehead atoms. The van der Waals surface area contributed by atoms with Gasteiger partial charge in [0.15, 0.2) is 0 Å². The Morgan fingerprint density at radius 1 is 0.288 bits per heavy atom. The van der Waals surface area contributed by atoms with Gasteiger partial charge in [-0.2, -0.15) is 0 Å². The van der Waals surface area contributed by atoms with Crippen LogP contribution in [-0.4, -0.2) is 18.7 Å². The Bertz CT molecular complexity index is 3790. The number of fused-ring (bicyclic) bond motifs is 13. The summed E-state index contributed by atoms with van der Waals surface area (Å²) in [5.74, 6) is 0. The minimum absolute atomic E-state index is 0.988. The molecule has 4 heteroatoms. The Labute approximate surface area is 339 Å². The SMILES string of the molecule is c1ccc(-c2nc3ccccc3c3c2ccc2c4ccccc4n(-c4cccc(-n5c6ccccc6c6cc(-n7c8ccccc8c8ccccc87)ccc65)c4)c23)cc1. The van der Waals surface area contributed by atoms with E-state index in [1.165, 1.54) is 70.8 Å². The summed E-state index contributed by atoms with van der Waals surface area (Å²) in [4.78, 5) is 5.28. The second-order valence-electron chi connectivity index (χ2n) is 15.5. The van der Waals surface area contributed by atoms with E-state index >= 15 is 0 Å². The summed E-state index contributed by atoms with van der Waals surface area (Å²) in [5.41, 5.74) is 13.6. The topological polar surface area (TPSA) is 27.7 Å². The molecule has 0 aliphatic rings. The fraction of sp³-hybridized carbons (Fsp3) is 0. The van der Waals surface area contributed by atoms with Crippen molar-refractivity contribution in [2.24, 2.45) is 0 Å². The van der Waals surface area contributed by atoms with Crippen molar-refractivity contribution in [3.05, 3.63) is 206 Å². The summed E-state index contributed by atoms with van der Waals surface area (Å²) in [6.45, 7) is 0. The largest absolute Gasteiger partial charge is 0.309 e. The van der Waals surface area contributed by atoms with Crippen molar-refractivity contribution in [3.8, 4) is 28.3 Å². The van der Waals surface area contributed by atoms with Crippen LogP contribution in [0.2, 0.25) is 0 Å². The first-order valence-electron chi connectivity index (χ1n) is 20.2. The first-order chi connectivity index (χ1) is 29.3. The van der Waals surface area contributed by atoms with Crippen molar-refractivity contribution in [1.29, 1.82) is 0 Å². The number of benzene rings is 9. The number of pyridine rings is 1. The van der Waals surface area contributed by atoms with Gasteiger partial charge in [-0.3, -0.25) is 0 Å². The molecule has 0 atom stereocenters. The van der Waals surface area contributed by atoms with Gasteiger partial charge >= 0.3 is 0 Å². The van der Waals surface area contributed by atoms with E-state index in [0.717, 1.165) is 44.6 Å². The molecule has 0 unspecified atom stereocenters. The maximum atomic E-state index is 5.28. The highest BCUT2D eigenvalue weighted by Gasteiger charge is 2.21. The highest BCUT2D eigenvalue weighted by atomic mass is 15.0. The van der Waals surface area contributed by atoms with E-state index in [1.807, 2.05) is 0 Å². The summed E-state index contributed by atoms with van der Waals surface area (Å²) in [5, 5.41) is 10.9. The highest BCUT2D eigenvalue weighted by Crippen LogP contribution is 2.43. The van der Waals surface area contributed by atoms with Gasteiger partial charge in [0.25, 0.3) is 0 Å². The van der Waals surface area contributed by atoms with E-state index < -0.39 is 0 Å². The van der Waals surface area contributed by atoms with Gasteiger partial charge in [0.2, 0.25) is 0 Å². The molecule has 0 saturated heterocycles. The van der Waals surface area contributed by atoms with Gasteiger partial charge in [-0.05, 0) is 66.7 Å². The van der Waals surface area contributed by atoms with E-state index in [0.29, 0.717) is 0 Å². The van der Waals surface area contributed by atoms with Gasteiger partial charge in [0.05, 0.1) is 44.3 Å². The monoisotopic (exact) mass is 750 g/mol. The molecule has 0 saturated carbocycles. The quantitative estimate of drug-likeness (QED) is 0.165. The van der Waals surface area contributed by atoms with Crippen LogP contribution < -0.4 is 0 Å². The van der Waals surface area contributed by atoms with Crippen LogP contribution in [0.25, 0.3) is 115 Å². The van der Waals surface area contributed by atoms with Crippen molar-refractivity contribution in [2.45, 2.75) is 0 Å². The zero-order valence-corrected chi connectivity index (χ0v) is 31.9. The van der Waals surface area contributed by atoms with E-state index in [9.17, 15) is 0 Å². The van der Waals surface area contributed by atoms with Gasteiger partial charge in [0.1, 0.15) is 0 Å². The summed E-state index contributed by atoms with van der Waals surface area (Å²) in [6.07, 6.45) is 0. The maximum absolute atomic E-state index is 5.28. The molecule has 0 spiro atoms. The van der Waals surface area contributed by atoms with Crippen LogP contribution in [0.5, 0.6) is 0 Å². The van der Waals surface area contributed by atoms with Gasteiger partial charge in [-0.1, -0.05) is 140 Å². The molecule has 4 aromatic heterocycles. The third kappa shape index (κ3) is 4.57. The smallest absolute Gasteiger partial charge is 0.0788 e. The van der Waals surface area contributed by atoms with Crippen molar-refractivity contribution < 1.29 is 0 Å². The molecule has 4 heterocycles. The lowest BCUT2D eigenvalue weighted by atomic mass is 9.97. The number of hydrogen-bond donors (Lipinski definition) is 0. The Morgan fingerprint density at radius 3 is 1.42 bits per heavy atom. The number of aromatic nitrogens is 4. The third-order valence-electron chi connectivity index (χ3n) is 12.4. The standard InChI is InChI=1S/C55H34N4/c1-2-15-35(16-3-1)54-45-31-30-43-41-21-7-13-28-51(41)59(55(43)53(45)44-23-4-9-24-47(44)56-54)37-18-14-17-36(33-37)57-50-27-12-8-22-42(50)46-34-38(29-32-52(46)57)58-48-25-10-5-19-39(48)40-20-6-11-26-49(40)58/h1-34H. The molecule has 0 fully saturated rings. The lowest BCUT2D eigenvalue weighted by Gasteiger charge is -2.16. The molecule has 0 radical (unpaired) electrons. The minimum Gasteiger partial charge on any atom is -0.309 e. The van der Waals surface area contributed by atoms with E-state index in [-0.39, 0.29) is 0 Å². The molecule has 9 aromatic carbocycles. The molecule has 13 aromatic rings. The van der Waals surface area contributed by atoms with Crippen molar-refractivity contribution in [2.75, 3.05) is 0 Å². The average Bonchev–Trinajstić information content (AvgIpc) is 3.95. The molecular formula is C55H34N4. The fourth-order valence-electron chi connectivity index (χ4n) is 9.93. The van der Waals surface area contributed by atoms with Crippen molar-refractivity contribution in [1.82, 2.24) is 18.7 Å². The summed E-state index contributed by atoms with van der Waals surface area (Å²) in [6, 6.07) is 74.9. The zero-order valence-electron chi connectivity index (χ0n) is 31.9. The molecule has 13 rings (SSSR count). The van der Waals surface area contributed by atoms with Crippen molar-refractivity contribution in [3.63, 3.8) is 0 Å². The number of nitrogens with zero attached hydrogens (tertiary/aromatic N) is 4. The predicted molar refractivity (Wildman–Crippen MR) is 248 cm³/mol. The highest BCUT2D eigenvalue weighted by molar-refractivity contribution is 6.27. The maximum Gasteiger partial charge on any atom is 0.0788 e. The average molecular weight is 751 g/mol. The molecule has 274 valence electrons. The normalized spacial score (nSPS) is 12.1. The van der Waals surface area contributed by atoms with Gasteiger partial charge < -0.3 is 13.7 Å². The lowest BCUT2D eigenvalue weighted by Crippen LogP contribution is -2.00. The van der Waals surface area contributed by atoms with E-state index in [1.54, 1.807) is 0 Å². The second-order valence-corrected chi connectivity index (χ2v) is 15.5. The number of hydrogen-bond acceptors (Lipinski definition) is 1. The third-order valence-corrected chi connectivity index (χ3v) is 12.4. The predicted octanol–water partition coefficient (Wildman–Crippen LogP) is 14.3. The Balaban J connectivity index is 1.08. The van der Waals surface area contributed by atoms with Gasteiger partial charge in [0, 0.05) is 71.1 Å². The van der Waals surface area contributed by atoms with Crippen LogP contribution in [0.4, 0.5) is 0 Å². The second kappa shape index (κ2) is 12.3. The molecular weight excluding hydrogens is 717 g/mol. The van der Waals surface area contributed by atoms with Crippen LogP contribution in [0.3, 0.4) is 0 Å². The van der Waals surface area contributed by atoms with Crippen LogP contribution in [-0.2, 0) is 0 Å². The number of para-hydroxylation sites is 5. The zero-order chi connectivity index (χ0) is 38.6. The summed E-state index contributed by atoms with van der Waals surface area (Å²) >= 11 is 0. The van der Waals surface area contributed by atoms with Gasteiger partial charge in [-0.25, -0.2) is 4.98 Å². The first kappa shape index (κ1) is 32.2. The molecule has 0 amide bonds. The van der Waals surface area contributed by atoms with Crippen LogP contribution in [0.1, 0.15) is 0 Å². The molecule has 0 aliphatic heterocycles. The van der Waals surface area contributed by atoms with Gasteiger partial charge in [-0.15, -0.1) is 0 Å². The fourth-order valence-corrected chi connectivity index (χ4v) is 9.93. The molecule has 0 N–H and O–H groups in total. The molecule has 4 nitrogen and oxygen atoms in total. The Kier molecular flexibility index (Phi) is 6.69. The molecule has 59 heavy (non-hydrogen) atoms. The Morgan fingerprint density at radius 2 is 0.763 bits per heavy atom. The lowest BCUT2D eigenvalue weighted by molar-refractivity contribution is 1.13. The minimum atomic E-state index is 0.988. The van der Waals surface area contributed by atoms with Crippen LogP contribution in [0.15, 0.2) is 206 Å². The van der Waals surface area contributed by atoms with Crippen LogP contribution >= 0.6 is 0 Å². The van der Waals surface area contributed by atoms with Crippen molar-refractivity contribution >= 4 is 87.1 Å².